The van der Waals surface area contributed by atoms with Crippen LogP contribution >= 0.6 is 22.4 Å². The molecule has 1 aliphatic heterocycles. The predicted molar refractivity (Wildman–Crippen MR) is 160 cm³/mol. The zero-order valence-electron chi connectivity index (χ0n) is 22.6. The average Bonchev–Trinajstić information content (AvgIpc) is 3.01. The van der Waals surface area contributed by atoms with Gasteiger partial charge in [0.25, 0.3) is 0 Å². The van der Waals surface area contributed by atoms with Gasteiger partial charge in [0, 0.05) is 16.7 Å². The van der Waals surface area contributed by atoms with E-state index in [4.69, 9.17) is 21.1 Å². The smallest absolute Gasteiger partial charge is 0.333 e. The van der Waals surface area contributed by atoms with Gasteiger partial charge in [-0.15, -0.1) is 11.6 Å². The number of methoxy groups -OCH3 is 1. The predicted octanol–water partition coefficient (Wildman–Crippen LogP) is 3.92. The number of hydrogen-bond acceptors (Lipinski definition) is 8. The number of carbonyl (C=O) groups excluding carboxylic acids is 3. The molecule has 0 spiro atoms. The van der Waals surface area contributed by atoms with Crippen LogP contribution in [0.5, 0.6) is 5.75 Å². The van der Waals surface area contributed by atoms with Gasteiger partial charge < -0.3 is 19.7 Å². The number of amides is 2. The normalized spacial score (nSPS) is 17.1. The second-order valence-electron chi connectivity index (χ2n) is 9.36. The maximum Gasteiger partial charge on any atom is 0.333 e. The van der Waals surface area contributed by atoms with Crippen LogP contribution in [0.25, 0.3) is 0 Å². The van der Waals surface area contributed by atoms with Crippen molar-refractivity contribution in [3.05, 3.63) is 108 Å². The van der Waals surface area contributed by atoms with Gasteiger partial charge in [-0.05, 0) is 41.0 Å². The first-order valence-corrected chi connectivity index (χ1v) is 16.2. The van der Waals surface area contributed by atoms with E-state index in [2.05, 4.69) is 11.9 Å². The lowest BCUT2D eigenvalue weighted by molar-refractivity contribution is -0.163. The molecule has 9 nitrogen and oxygen atoms in total. The van der Waals surface area contributed by atoms with Crippen LogP contribution in [0.1, 0.15) is 11.1 Å². The molecule has 1 heterocycles. The summed E-state index contributed by atoms with van der Waals surface area (Å²) in [4.78, 5) is 40.8. The molecule has 1 N–H and O–H groups in total. The Kier molecular flexibility index (Phi) is 10.3. The van der Waals surface area contributed by atoms with Crippen molar-refractivity contribution in [2.24, 2.45) is 0 Å². The molecule has 0 radical (unpaired) electrons. The van der Waals surface area contributed by atoms with E-state index in [1.54, 1.807) is 66.7 Å². The molecule has 0 bridgehead atoms. The molecule has 1 aliphatic rings. The number of nitrogens with zero attached hydrogens (tertiary/aromatic N) is 1. The van der Waals surface area contributed by atoms with E-state index in [1.165, 1.54) is 19.2 Å². The summed E-state index contributed by atoms with van der Waals surface area (Å²) in [5.41, 5.74) is 1.52. The highest BCUT2D eigenvalue weighted by Crippen LogP contribution is 2.40. The number of rotatable bonds is 13. The Hall–Kier alpha value is -3.80. The van der Waals surface area contributed by atoms with Gasteiger partial charge in [0.15, 0.2) is 6.04 Å². The maximum atomic E-state index is 13.5. The number of esters is 1. The minimum Gasteiger partial charge on any atom is -0.497 e. The van der Waals surface area contributed by atoms with E-state index < -0.39 is 44.1 Å². The van der Waals surface area contributed by atoms with Crippen molar-refractivity contribution in [2.45, 2.75) is 35.4 Å². The third-order valence-electron chi connectivity index (χ3n) is 6.46. The van der Waals surface area contributed by atoms with Crippen LogP contribution in [0.2, 0.25) is 0 Å². The van der Waals surface area contributed by atoms with Gasteiger partial charge in [-0.3, -0.25) is 9.59 Å². The van der Waals surface area contributed by atoms with Crippen LogP contribution in [0.3, 0.4) is 0 Å². The topological polar surface area (TPSA) is 119 Å². The molecule has 2 amide bonds. The van der Waals surface area contributed by atoms with Gasteiger partial charge in [-0.25, -0.2) is 13.2 Å². The Bertz CT molecular complexity index is 1530. The molecule has 12 heteroatoms. The lowest BCUT2D eigenvalue weighted by Crippen LogP contribution is -2.73. The van der Waals surface area contributed by atoms with Gasteiger partial charge in [0.2, 0.25) is 20.7 Å². The van der Waals surface area contributed by atoms with Crippen LogP contribution in [0.4, 0.5) is 0 Å². The standard InChI is InChI=1S/C30H29ClN2O7S2/c1-20(18-31)27(30(36)40-19-22-13-15-23(39-2)16-14-22)33-28(35)26(32-25(34)17-21-9-5-3-6-10-21)29(33)41-42(37,38)24-11-7-4-8-12-24/h3-16,26-27,29H,1,17-19H2,2H3,(H,32,34)/t26-,27?,29-/m1/s1. The zero-order chi connectivity index (χ0) is 30.3. The van der Waals surface area contributed by atoms with Gasteiger partial charge in [-0.1, -0.05) is 67.2 Å². The lowest BCUT2D eigenvalue weighted by atomic mass is 9.99. The first-order valence-electron chi connectivity index (χ1n) is 12.8. The number of ether oxygens (including phenoxy) is 2. The fourth-order valence-corrected chi connectivity index (χ4v) is 7.96. The van der Waals surface area contributed by atoms with Gasteiger partial charge >= 0.3 is 5.97 Å². The summed E-state index contributed by atoms with van der Waals surface area (Å²) in [5, 5.41) is 1.48. The van der Waals surface area contributed by atoms with E-state index in [9.17, 15) is 22.8 Å². The van der Waals surface area contributed by atoms with E-state index in [-0.39, 0.29) is 29.4 Å². The molecule has 1 fully saturated rings. The second kappa shape index (κ2) is 13.9. The number of hydrogen-bond donors (Lipinski definition) is 1. The number of halogens is 1. The quantitative estimate of drug-likeness (QED) is 0.0995. The summed E-state index contributed by atoms with van der Waals surface area (Å²) in [6, 6.07) is 20.8. The van der Waals surface area contributed by atoms with Crippen LogP contribution in [0, 0.1) is 0 Å². The minimum absolute atomic E-state index is 0.0125. The molecule has 1 unspecified atom stereocenters. The number of β-lactam (4-membered cyclic amide) rings is 1. The third kappa shape index (κ3) is 7.33. The van der Waals surface area contributed by atoms with Gasteiger partial charge in [0.1, 0.15) is 23.8 Å². The molecule has 3 atom stereocenters. The molecular formula is C30H29ClN2O7S2. The molecule has 0 aliphatic carbocycles. The molecule has 0 saturated carbocycles. The summed E-state index contributed by atoms with van der Waals surface area (Å²) in [6.07, 6.45) is -0.0187. The average molecular weight is 629 g/mol. The van der Waals surface area contributed by atoms with E-state index in [0.717, 1.165) is 10.5 Å². The first-order chi connectivity index (χ1) is 20.1. The van der Waals surface area contributed by atoms with Gasteiger partial charge in [0.05, 0.1) is 18.4 Å². The number of likely N-dealkylation sites (tertiary alicyclic amines) is 1. The van der Waals surface area contributed by atoms with Crippen molar-refractivity contribution in [3.63, 3.8) is 0 Å². The van der Waals surface area contributed by atoms with E-state index >= 15 is 0 Å². The van der Waals surface area contributed by atoms with Crippen LogP contribution < -0.4 is 10.1 Å². The first kappa shape index (κ1) is 31.1. The Morgan fingerprint density at radius 3 is 2.21 bits per heavy atom. The number of nitrogens with one attached hydrogen (secondary N) is 1. The summed E-state index contributed by atoms with van der Waals surface area (Å²) in [7, 11) is -2.02. The van der Waals surface area contributed by atoms with Gasteiger partial charge in [-0.2, -0.15) is 0 Å². The summed E-state index contributed by atoms with van der Waals surface area (Å²) in [5.74, 6) is -1.53. The summed E-state index contributed by atoms with van der Waals surface area (Å²) in [6.45, 7) is 3.73. The Balaban J connectivity index is 1.58. The zero-order valence-corrected chi connectivity index (χ0v) is 25.0. The van der Waals surface area contributed by atoms with E-state index in [1.807, 2.05) is 6.07 Å². The van der Waals surface area contributed by atoms with Crippen molar-refractivity contribution in [2.75, 3.05) is 13.0 Å². The Morgan fingerprint density at radius 2 is 1.62 bits per heavy atom. The molecular weight excluding hydrogens is 600 g/mol. The summed E-state index contributed by atoms with van der Waals surface area (Å²) < 4.78 is 37.3. The SMILES string of the molecule is C=C(CCl)C(C(=O)OCc1ccc(OC)cc1)N1C(=O)[C@@H](NC(=O)Cc2ccccc2)[C@H]1SS(=O)(=O)c1ccccc1. The van der Waals surface area contributed by atoms with Crippen molar-refractivity contribution >= 4 is 49.0 Å². The molecule has 3 aromatic rings. The number of carbonyl (C=O) groups is 3. The van der Waals surface area contributed by atoms with Crippen LogP contribution in [-0.2, 0) is 41.0 Å². The fraction of sp³-hybridized carbons (Fsp3) is 0.233. The van der Waals surface area contributed by atoms with Crippen molar-refractivity contribution in [1.82, 2.24) is 10.2 Å². The summed E-state index contributed by atoms with van der Waals surface area (Å²) >= 11 is 6.05. The van der Waals surface area contributed by atoms with Crippen LogP contribution in [-0.4, -0.2) is 61.5 Å². The molecule has 4 rings (SSSR count). The Labute approximate surface area is 253 Å². The van der Waals surface area contributed by atoms with Crippen molar-refractivity contribution in [1.29, 1.82) is 0 Å². The van der Waals surface area contributed by atoms with Crippen LogP contribution in [0.15, 0.2) is 102 Å². The second-order valence-corrected chi connectivity index (χ2v) is 13.6. The number of alkyl halides is 1. The fourth-order valence-electron chi connectivity index (χ4n) is 4.28. The molecule has 42 heavy (non-hydrogen) atoms. The highest BCUT2D eigenvalue weighted by Gasteiger charge is 2.56. The molecule has 220 valence electrons. The van der Waals surface area contributed by atoms with Crippen molar-refractivity contribution < 1.29 is 32.3 Å². The van der Waals surface area contributed by atoms with E-state index in [0.29, 0.717) is 22.1 Å². The Morgan fingerprint density at radius 1 is 1.00 bits per heavy atom. The molecule has 1 saturated heterocycles. The third-order valence-corrected chi connectivity index (χ3v) is 10.5. The maximum absolute atomic E-state index is 13.5. The minimum atomic E-state index is -4.01. The largest absolute Gasteiger partial charge is 0.497 e. The monoisotopic (exact) mass is 628 g/mol. The molecule has 3 aromatic carbocycles. The van der Waals surface area contributed by atoms with Crippen molar-refractivity contribution in [3.8, 4) is 5.75 Å². The highest BCUT2D eigenvalue weighted by atomic mass is 35.5. The highest BCUT2D eigenvalue weighted by molar-refractivity contribution is 8.72. The lowest BCUT2D eigenvalue weighted by Gasteiger charge is -2.49. The molecule has 0 aromatic heterocycles. The number of benzene rings is 3.